The molecule has 1 atom stereocenters. The third kappa shape index (κ3) is 5.19. The van der Waals surface area contributed by atoms with Crippen LogP contribution in [-0.2, 0) is 27.5 Å². The van der Waals surface area contributed by atoms with E-state index in [1.807, 2.05) is 19.1 Å². The lowest BCUT2D eigenvalue weighted by Gasteiger charge is -2.14. The van der Waals surface area contributed by atoms with E-state index in [-0.39, 0.29) is 29.9 Å². The van der Waals surface area contributed by atoms with E-state index in [1.165, 1.54) is 18.4 Å². The minimum atomic E-state index is -3.01. The van der Waals surface area contributed by atoms with E-state index in [0.717, 1.165) is 17.7 Å². The molecule has 1 fully saturated rings. The van der Waals surface area contributed by atoms with Crippen molar-refractivity contribution in [2.45, 2.75) is 52.0 Å². The summed E-state index contributed by atoms with van der Waals surface area (Å²) in [5, 5.41) is 7.30. The molecule has 0 spiro atoms. The smallest absolute Gasteiger partial charge is 0.229 e. The Hall–Kier alpha value is -2.15. The number of nitrogens with one attached hydrogen (secondary N) is 1. The van der Waals surface area contributed by atoms with Crippen LogP contribution < -0.4 is 5.32 Å². The van der Waals surface area contributed by atoms with Gasteiger partial charge in [0.15, 0.2) is 9.84 Å². The molecule has 0 bridgehead atoms. The first-order chi connectivity index (χ1) is 12.9. The van der Waals surface area contributed by atoms with Crippen molar-refractivity contribution in [1.29, 1.82) is 0 Å². The molecule has 7 heteroatoms. The molecule has 0 saturated carbocycles. The maximum absolute atomic E-state index is 12.5. The topological polar surface area (TPSA) is 81.1 Å². The Kier molecular flexibility index (Phi) is 5.99. The first kappa shape index (κ1) is 19.6. The number of benzene rings is 1. The summed E-state index contributed by atoms with van der Waals surface area (Å²) in [7, 11) is -3.01. The standard InChI is InChI=1S/C20H27N3O3S/c1-3-4-5-16-6-8-17(9-7-16)13-20(24)21-19-12-15(2)22-23(19)18-10-11-27(25,26)14-18/h6-9,12,18H,3-5,10-11,13-14H2,1-2H3,(H,21,24). The Balaban J connectivity index is 1.64. The normalized spacial score (nSPS) is 18.5. The highest BCUT2D eigenvalue weighted by Gasteiger charge is 2.31. The summed E-state index contributed by atoms with van der Waals surface area (Å²) in [5.41, 5.74) is 3.01. The van der Waals surface area contributed by atoms with Crippen LogP contribution in [-0.4, -0.2) is 35.6 Å². The second-order valence-electron chi connectivity index (χ2n) is 7.32. The summed E-state index contributed by atoms with van der Waals surface area (Å²) in [6.07, 6.45) is 4.21. The van der Waals surface area contributed by atoms with E-state index >= 15 is 0 Å². The minimum Gasteiger partial charge on any atom is -0.311 e. The first-order valence-electron chi connectivity index (χ1n) is 9.50. The van der Waals surface area contributed by atoms with Crippen molar-refractivity contribution in [1.82, 2.24) is 9.78 Å². The van der Waals surface area contributed by atoms with Gasteiger partial charge in [0.05, 0.1) is 29.7 Å². The van der Waals surface area contributed by atoms with Gasteiger partial charge < -0.3 is 5.32 Å². The largest absolute Gasteiger partial charge is 0.311 e. The van der Waals surface area contributed by atoms with E-state index in [9.17, 15) is 13.2 Å². The summed E-state index contributed by atoms with van der Waals surface area (Å²) < 4.78 is 25.2. The third-order valence-corrected chi connectivity index (χ3v) is 6.64. The first-order valence-corrected chi connectivity index (χ1v) is 11.3. The molecule has 2 aromatic rings. The van der Waals surface area contributed by atoms with Gasteiger partial charge in [-0.15, -0.1) is 0 Å². The van der Waals surface area contributed by atoms with Gasteiger partial charge in [0, 0.05) is 6.07 Å². The van der Waals surface area contributed by atoms with Crippen molar-refractivity contribution in [3.8, 4) is 0 Å². The number of amides is 1. The zero-order chi connectivity index (χ0) is 19.4. The van der Waals surface area contributed by atoms with Crippen LogP contribution in [0.25, 0.3) is 0 Å². The van der Waals surface area contributed by atoms with Crippen LogP contribution >= 0.6 is 0 Å². The predicted molar refractivity (Wildman–Crippen MR) is 107 cm³/mol. The molecule has 1 unspecified atom stereocenters. The molecule has 0 aliphatic carbocycles. The highest BCUT2D eigenvalue weighted by molar-refractivity contribution is 7.91. The summed E-state index contributed by atoms with van der Waals surface area (Å²) in [6.45, 7) is 4.01. The number of anilines is 1. The van der Waals surface area contributed by atoms with E-state index in [2.05, 4.69) is 29.5 Å². The zero-order valence-corrected chi connectivity index (χ0v) is 16.8. The molecule has 1 N–H and O–H groups in total. The molecule has 1 aromatic heterocycles. The van der Waals surface area contributed by atoms with Gasteiger partial charge in [-0.1, -0.05) is 37.6 Å². The third-order valence-electron chi connectivity index (χ3n) is 4.89. The second-order valence-corrected chi connectivity index (χ2v) is 9.55. The maximum Gasteiger partial charge on any atom is 0.229 e. The molecule has 6 nitrogen and oxygen atoms in total. The molecule has 1 saturated heterocycles. The monoisotopic (exact) mass is 389 g/mol. The lowest BCUT2D eigenvalue weighted by molar-refractivity contribution is -0.115. The van der Waals surface area contributed by atoms with Crippen LogP contribution in [0.4, 0.5) is 5.82 Å². The van der Waals surface area contributed by atoms with E-state index in [4.69, 9.17) is 0 Å². The van der Waals surface area contributed by atoms with Crippen molar-refractivity contribution in [3.05, 3.63) is 47.2 Å². The van der Waals surface area contributed by atoms with Crippen LogP contribution in [0.15, 0.2) is 30.3 Å². The molecule has 2 heterocycles. The Morgan fingerprint density at radius 2 is 1.96 bits per heavy atom. The van der Waals surface area contributed by atoms with Gasteiger partial charge in [0.1, 0.15) is 5.82 Å². The number of unbranched alkanes of at least 4 members (excludes halogenated alkanes) is 1. The molecule has 27 heavy (non-hydrogen) atoms. The Morgan fingerprint density at radius 3 is 2.59 bits per heavy atom. The SMILES string of the molecule is CCCCc1ccc(CC(=O)Nc2cc(C)nn2C2CCS(=O)(=O)C2)cc1. The molecule has 1 aliphatic rings. The fraction of sp³-hybridized carbons (Fsp3) is 0.500. The number of aromatic nitrogens is 2. The highest BCUT2D eigenvalue weighted by Crippen LogP contribution is 2.27. The van der Waals surface area contributed by atoms with Crippen LogP contribution in [0.2, 0.25) is 0 Å². The number of carbonyl (C=O) groups excluding carboxylic acids is 1. The molecule has 0 radical (unpaired) electrons. The molecule has 1 aliphatic heterocycles. The average Bonchev–Trinajstić information content (AvgIpc) is 3.15. The van der Waals surface area contributed by atoms with Gasteiger partial charge in [-0.05, 0) is 37.3 Å². The summed E-state index contributed by atoms with van der Waals surface area (Å²) in [5.74, 6) is 0.697. The quantitative estimate of drug-likeness (QED) is 0.789. The van der Waals surface area contributed by atoms with Crippen molar-refractivity contribution in [2.75, 3.05) is 16.8 Å². The van der Waals surface area contributed by atoms with Crippen molar-refractivity contribution >= 4 is 21.6 Å². The Bertz CT molecular complexity index is 901. The van der Waals surface area contributed by atoms with Crippen molar-refractivity contribution < 1.29 is 13.2 Å². The molecule has 3 rings (SSSR count). The molecular formula is C20H27N3O3S. The number of rotatable bonds is 7. The number of hydrogen-bond donors (Lipinski definition) is 1. The van der Waals surface area contributed by atoms with Crippen LogP contribution in [0, 0.1) is 6.92 Å². The number of carbonyl (C=O) groups is 1. The van der Waals surface area contributed by atoms with E-state index in [1.54, 1.807) is 10.7 Å². The predicted octanol–water partition coefficient (Wildman–Crippen LogP) is 3.07. The van der Waals surface area contributed by atoms with Crippen LogP contribution in [0.1, 0.15) is 49.0 Å². The van der Waals surface area contributed by atoms with Gasteiger partial charge >= 0.3 is 0 Å². The minimum absolute atomic E-state index is 0.0796. The number of nitrogens with zero attached hydrogens (tertiary/aromatic N) is 2. The molecular weight excluding hydrogens is 362 g/mol. The van der Waals surface area contributed by atoms with E-state index < -0.39 is 9.84 Å². The van der Waals surface area contributed by atoms with Crippen molar-refractivity contribution in [3.63, 3.8) is 0 Å². The zero-order valence-electron chi connectivity index (χ0n) is 15.9. The molecule has 1 aromatic carbocycles. The summed E-state index contributed by atoms with van der Waals surface area (Å²) in [4.78, 5) is 12.5. The Morgan fingerprint density at radius 1 is 1.26 bits per heavy atom. The number of sulfone groups is 1. The van der Waals surface area contributed by atoms with Gasteiger partial charge in [-0.25, -0.2) is 13.1 Å². The molecule has 1 amide bonds. The van der Waals surface area contributed by atoms with Gasteiger partial charge in [-0.2, -0.15) is 5.10 Å². The highest BCUT2D eigenvalue weighted by atomic mass is 32.2. The van der Waals surface area contributed by atoms with Crippen molar-refractivity contribution in [2.24, 2.45) is 0 Å². The lowest BCUT2D eigenvalue weighted by Crippen LogP contribution is -2.20. The molecule has 146 valence electrons. The number of hydrogen-bond acceptors (Lipinski definition) is 4. The van der Waals surface area contributed by atoms with Gasteiger partial charge in [0.25, 0.3) is 0 Å². The van der Waals surface area contributed by atoms with Gasteiger partial charge in [-0.3, -0.25) is 4.79 Å². The van der Waals surface area contributed by atoms with Crippen LogP contribution in [0.5, 0.6) is 0 Å². The summed E-state index contributed by atoms with van der Waals surface area (Å²) >= 11 is 0. The maximum atomic E-state index is 12.5. The fourth-order valence-electron chi connectivity index (χ4n) is 3.43. The average molecular weight is 390 g/mol. The van der Waals surface area contributed by atoms with Gasteiger partial charge in [0.2, 0.25) is 5.91 Å². The summed E-state index contributed by atoms with van der Waals surface area (Å²) in [6, 6.07) is 9.73. The second kappa shape index (κ2) is 8.25. The lowest BCUT2D eigenvalue weighted by atomic mass is 10.0. The fourth-order valence-corrected chi connectivity index (χ4v) is 5.13. The van der Waals surface area contributed by atoms with Crippen LogP contribution in [0.3, 0.4) is 0 Å². The number of aryl methyl sites for hydroxylation is 2. The Labute approximate surface area is 160 Å². The van der Waals surface area contributed by atoms with E-state index in [0.29, 0.717) is 12.2 Å².